The number of benzene rings is 1. The first-order chi connectivity index (χ1) is 8.16. The summed E-state index contributed by atoms with van der Waals surface area (Å²) in [7, 11) is 1.90. The summed E-state index contributed by atoms with van der Waals surface area (Å²) in [5.41, 5.74) is 2.15. The largest absolute Gasteiger partial charge is 0.308 e. The van der Waals surface area contributed by atoms with Crippen LogP contribution in [0.2, 0.25) is 10.0 Å². The van der Waals surface area contributed by atoms with Crippen LogP contribution in [0.5, 0.6) is 0 Å². The molecule has 1 aromatic heterocycles. The molecule has 5 heteroatoms. The van der Waals surface area contributed by atoms with E-state index < -0.39 is 0 Å². The molecule has 0 saturated heterocycles. The molecule has 0 atom stereocenters. The van der Waals surface area contributed by atoms with Gasteiger partial charge in [0, 0.05) is 31.9 Å². The summed E-state index contributed by atoms with van der Waals surface area (Å²) >= 11 is 12.0. The van der Waals surface area contributed by atoms with Gasteiger partial charge in [0.2, 0.25) is 0 Å². The number of aryl methyl sites for hydroxylation is 1. The van der Waals surface area contributed by atoms with Crippen molar-refractivity contribution in [1.29, 1.82) is 0 Å². The predicted octanol–water partition coefficient (Wildman–Crippen LogP) is 3.02. The molecule has 0 bridgehead atoms. The second kappa shape index (κ2) is 5.54. The molecule has 90 valence electrons. The molecule has 0 fully saturated rings. The molecule has 0 saturated carbocycles. The summed E-state index contributed by atoms with van der Waals surface area (Å²) in [6.07, 6.45) is 3.82. The van der Waals surface area contributed by atoms with Gasteiger partial charge in [0.15, 0.2) is 0 Å². The molecule has 0 aliphatic heterocycles. The zero-order valence-corrected chi connectivity index (χ0v) is 11.0. The summed E-state index contributed by atoms with van der Waals surface area (Å²) in [6, 6.07) is 5.65. The standard InChI is InChI=1S/C12H13Cl2N3/c1-17-8-9(6-16-17)5-15-7-10-3-2-4-11(13)12(10)14/h2-4,6,8,15H,5,7H2,1H3. The number of nitrogens with zero attached hydrogens (tertiary/aromatic N) is 2. The molecule has 1 heterocycles. The number of rotatable bonds is 4. The summed E-state index contributed by atoms with van der Waals surface area (Å²) in [6.45, 7) is 1.45. The second-order valence-corrected chi connectivity index (χ2v) is 4.62. The molecule has 17 heavy (non-hydrogen) atoms. The van der Waals surface area contributed by atoms with Crippen molar-refractivity contribution in [1.82, 2.24) is 15.1 Å². The molecule has 3 nitrogen and oxygen atoms in total. The van der Waals surface area contributed by atoms with E-state index in [-0.39, 0.29) is 0 Å². The third-order valence-electron chi connectivity index (χ3n) is 2.43. The van der Waals surface area contributed by atoms with Crippen LogP contribution in [0.15, 0.2) is 30.6 Å². The first kappa shape index (κ1) is 12.4. The number of hydrogen-bond acceptors (Lipinski definition) is 2. The molecule has 1 N–H and O–H groups in total. The van der Waals surface area contributed by atoms with Gasteiger partial charge in [-0.2, -0.15) is 5.10 Å². The van der Waals surface area contributed by atoms with Crippen LogP contribution in [0.1, 0.15) is 11.1 Å². The van der Waals surface area contributed by atoms with Crippen LogP contribution in [-0.2, 0) is 20.1 Å². The van der Waals surface area contributed by atoms with Crippen molar-refractivity contribution >= 4 is 23.2 Å². The van der Waals surface area contributed by atoms with Gasteiger partial charge in [-0.05, 0) is 11.6 Å². The normalized spacial score (nSPS) is 10.8. The van der Waals surface area contributed by atoms with Crippen molar-refractivity contribution < 1.29 is 0 Å². The van der Waals surface area contributed by atoms with Gasteiger partial charge in [0.25, 0.3) is 0 Å². The fraction of sp³-hybridized carbons (Fsp3) is 0.250. The summed E-state index contributed by atoms with van der Waals surface area (Å²) < 4.78 is 1.78. The Kier molecular flexibility index (Phi) is 4.05. The van der Waals surface area contributed by atoms with Crippen LogP contribution in [0, 0.1) is 0 Å². The number of hydrogen-bond donors (Lipinski definition) is 1. The first-order valence-corrected chi connectivity index (χ1v) is 6.03. The average Bonchev–Trinajstić information content (AvgIpc) is 2.70. The van der Waals surface area contributed by atoms with Crippen molar-refractivity contribution in [2.45, 2.75) is 13.1 Å². The molecular weight excluding hydrogens is 257 g/mol. The van der Waals surface area contributed by atoms with Gasteiger partial charge in [0.05, 0.1) is 16.2 Å². The summed E-state index contributed by atoms with van der Waals surface area (Å²) in [5.74, 6) is 0. The van der Waals surface area contributed by atoms with Crippen LogP contribution in [-0.4, -0.2) is 9.78 Å². The van der Waals surface area contributed by atoms with Crippen LogP contribution in [0.3, 0.4) is 0 Å². The molecule has 0 aliphatic rings. The van der Waals surface area contributed by atoms with Crippen molar-refractivity contribution in [2.75, 3.05) is 0 Å². The highest BCUT2D eigenvalue weighted by Crippen LogP contribution is 2.25. The molecule has 0 amide bonds. The lowest BCUT2D eigenvalue weighted by atomic mass is 10.2. The molecule has 0 radical (unpaired) electrons. The molecule has 0 unspecified atom stereocenters. The smallest absolute Gasteiger partial charge is 0.0637 e. The van der Waals surface area contributed by atoms with Gasteiger partial charge in [-0.3, -0.25) is 4.68 Å². The lowest BCUT2D eigenvalue weighted by molar-refractivity contribution is 0.692. The highest BCUT2D eigenvalue weighted by Gasteiger charge is 2.03. The van der Waals surface area contributed by atoms with E-state index in [0.717, 1.165) is 17.7 Å². The van der Waals surface area contributed by atoms with E-state index in [2.05, 4.69) is 10.4 Å². The van der Waals surface area contributed by atoms with E-state index in [0.29, 0.717) is 16.6 Å². The van der Waals surface area contributed by atoms with Crippen molar-refractivity contribution in [3.63, 3.8) is 0 Å². The Morgan fingerprint density at radius 2 is 2.12 bits per heavy atom. The highest BCUT2D eigenvalue weighted by molar-refractivity contribution is 6.42. The Bertz CT molecular complexity index is 508. The fourth-order valence-electron chi connectivity index (χ4n) is 1.59. The summed E-state index contributed by atoms with van der Waals surface area (Å²) in [5, 5.41) is 8.61. The van der Waals surface area contributed by atoms with Gasteiger partial charge in [-0.1, -0.05) is 35.3 Å². The maximum Gasteiger partial charge on any atom is 0.0637 e. The third-order valence-corrected chi connectivity index (χ3v) is 3.29. The first-order valence-electron chi connectivity index (χ1n) is 5.28. The predicted molar refractivity (Wildman–Crippen MR) is 70.2 cm³/mol. The minimum Gasteiger partial charge on any atom is -0.308 e. The topological polar surface area (TPSA) is 29.9 Å². The molecule has 1 aromatic carbocycles. The Morgan fingerprint density at radius 1 is 1.29 bits per heavy atom. The van der Waals surface area contributed by atoms with Crippen LogP contribution in [0.25, 0.3) is 0 Å². The minimum atomic E-state index is 0.590. The van der Waals surface area contributed by atoms with Gasteiger partial charge in [-0.15, -0.1) is 0 Å². The van der Waals surface area contributed by atoms with E-state index in [1.54, 1.807) is 10.7 Å². The zero-order chi connectivity index (χ0) is 12.3. The lowest BCUT2D eigenvalue weighted by Crippen LogP contribution is -2.12. The lowest BCUT2D eigenvalue weighted by Gasteiger charge is -2.06. The second-order valence-electron chi connectivity index (χ2n) is 3.84. The Hall–Kier alpha value is -1.03. The fourth-order valence-corrected chi connectivity index (χ4v) is 1.98. The van der Waals surface area contributed by atoms with E-state index in [1.165, 1.54) is 0 Å². The van der Waals surface area contributed by atoms with Gasteiger partial charge >= 0.3 is 0 Å². The maximum atomic E-state index is 6.09. The number of nitrogens with one attached hydrogen (secondary N) is 1. The Labute approximate surface area is 110 Å². The minimum absolute atomic E-state index is 0.590. The average molecular weight is 270 g/mol. The number of halogens is 2. The van der Waals surface area contributed by atoms with E-state index >= 15 is 0 Å². The highest BCUT2D eigenvalue weighted by atomic mass is 35.5. The zero-order valence-electron chi connectivity index (χ0n) is 9.45. The van der Waals surface area contributed by atoms with E-state index in [1.807, 2.05) is 31.6 Å². The Balaban J connectivity index is 1.92. The van der Waals surface area contributed by atoms with Gasteiger partial charge in [0.1, 0.15) is 0 Å². The molecule has 0 aliphatic carbocycles. The van der Waals surface area contributed by atoms with Crippen LogP contribution in [0.4, 0.5) is 0 Å². The third kappa shape index (κ3) is 3.22. The number of aromatic nitrogens is 2. The molecule has 2 rings (SSSR count). The van der Waals surface area contributed by atoms with Crippen molar-refractivity contribution in [3.05, 3.63) is 51.8 Å². The monoisotopic (exact) mass is 269 g/mol. The quantitative estimate of drug-likeness (QED) is 0.925. The molecule has 0 spiro atoms. The Morgan fingerprint density at radius 3 is 2.82 bits per heavy atom. The van der Waals surface area contributed by atoms with Crippen LogP contribution < -0.4 is 5.32 Å². The SMILES string of the molecule is Cn1cc(CNCc2cccc(Cl)c2Cl)cn1. The van der Waals surface area contributed by atoms with Gasteiger partial charge in [-0.25, -0.2) is 0 Å². The summed E-state index contributed by atoms with van der Waals surface area (Å²) in [4.78, 5) is 0. The van der Waals surface area contributed by atoms with E-state index in [4.69, 9.17) is 23.2 Å². The molecule has 2 aromatic rings. The maximum absolute atomic E-state index is 6.09. The van der Waals surface area contributed by atoms with Gasteiger partial charge < -0.3 is 5.32 Å². The van der Waals surface area contributed by atoms with Crippen molar-refractivity contribution in [2.24, 2.45) is 7.05 Å². The van der Waals surface area contributed by atoms with E-state index in [9.17, 15) is 0 Å². The van der Waals surface area contributed by atoms with Crippen LogP contribution >= 0.6 is 23.2 Å². The van der Waals surface area contributed by atoms with Crippen molar-refractivity contribution in [3.8, 4) is 0 Å². The molecular formula is C12H13Cl2N3.